The van der Waals surface area contributed by atoms with Gasteiger partial charge in [0.2, 0.25) is 12.3 Å². The van der Waals surface area contributed by atoms with E-state index in [1.807, 2.05) is 39.0 Å². The van der Waals surface area contributed by atoms with Crippen LogP contribution in [-0.2, 0) is 56.0 Å². The van der Waals surface area contributed by atoms with E-state index in [0.717, 1.165) is 0 Å². The van der Waals surface area contributed by atoms with Crippen LogP contribution in [0.25, 0.3) is 0 Å². The highest BCUT2D eigenvalue weighted by molar-refractivity contribution is 7.20. The number of hydrogen-bond donors (Lipinski definition) is 0. The van der Waals surface area contributed by atoms with Crippen LogP contribution in [0.1, 0.15) is 86.0 Å². The standard InChI is InChI=1S/C32H12BF24.C18H20NO2/c34-25(35,36)13-1-14(26(37,38)39)6-21(5-13)33(22-7-15(27(40,41)42)2-16(8-22)28(43,44)45,23-9-17(29(46,47)48)3-18(10-23)30(49,50)51)24-11-19(31(52,53)54)4-20(12-24)32(55,56)57;1-18(2,3)17(21)15-9-11-19(12-10-15)13-16(20)14-7-5-4-6-8-14/h1-12H;4-12H,13H2,1-3H3/q-1;+1. The number of aromatic nitrogens is 1. The average molecular weight is 1150 g/mol. The Morgan fingerprint density at radius 3 is 0.782 bits per heavy atom. The molecule has 0 saturated carbocycles. The molecule has 0 radical (unpaired) electrons. The monoisotopic (exact) mass is 1150 g/mol. The summed E-state index contributed by atoms with van der Waals surface area (Å²) in [5.74, 6) is 0.152. The Labute approximate surface area is 424 Å². The lowest BCUT2D eigenvalue weighted by atomic mass is 9.12. The Hall–Kier alpha value is -7.03. The first-order valence-electron chi connectivity index (χ1n) is 21.6. The molecule has 0 saturated heterocycles. The zero-order valence-corrected chi connectivity index (χ0v) is 39.2. The van der Waals surface area contributed by atoms with Gasteiger partial charge in [0, 0.05) is 28.7 Å². The number of nitrogens with zero attached hydrogens (tertiary/aromatic N) is 1. The van der Waals surface area contributed by atoms with E-state index in [1.54, 1.807) is 41.2 Å². The Kier molecular flexibility index (Phi) is 16.6. The van der Waals surface area contributed by atoms with Gasteiger partial charge in [-0.3, -0.25) is 9.59 Å². The van der Waals surface area contributed by atoms with Gasteiger partial charge < -0.3 is 0 Å². The first-order valence-corrected chi connectivity index (χ1v) is 21.6. The minimum atomic E-state index is -6.13. The quantitative estimate of drug-likeness (QED) is 0.0659. The molecule has 420 valence electrons. The summed E-state index contributed by atoms with van der Waals surface area (Å²) < 4.78 is 343. The fourth-order valence-corrected chi connectivity index (χ4v) is 8.10. The van der Waals surface area contributed by atoms with E-state index >= 15 is 0 Å². The van der Waals surface area contributed by atoms with Gasteiger partial charge in [-0.05, 0) is 24.3 Å². The predicted molar refractivity (Wildman–Crippen MR) is 231 cm³/mol. The zero-order chi connectivity index (χ0) is 59.4. The van der Waals surface area contributed by atoms with Gasteiger partial charge in [-0.25, -0.2) is 0 Å². The molecule has 6 rings (SSSR count). The lowest BCUT2D eigenvalue weighted by molar-refractivity contribution is -0.683. The van der Waals surface area contributed by atoms with E-state index in [4.69, 9.17) is 0 Å². The fraction of sp³-hybridized carbons (Fsp3) is 0.260. The zero-order valence-electron chi connectivity index (χ0n) is 39.2. The summed E-state index contributed by atoms with van der Waals surface area (Å²) in [5.41, 5.74) is -29.2. The Balaban J connectivity index is 0.000000443. The summed E-state index contributed by atoms with van der Waals surface area (Å²) >= 11 is 0. The van der Waals surface area contributed by atoms with Gasteiger partial charge in [-0.15, -0.1) is 0 Å². The van der Waals surface area contributed by atoms with Crippen molar-refractivity contribution in [1.82, 2.24) is 0 Å². The normalized spacial score (nSPS) is 13.5. The van der Waals surface area contributed by atoms with E-state index in [1.165, 1.54) is 0 Å². The van der Waals surface area contributed by atoms with Crippen molar-refractivity contribution in [3.63, 3.8) is 0 Å². The van der Waals surface area contributed by atoms with E-state index in [0.29, 0.717) is 11.1 Å². The smallest absolute Gasteiger partial charge is 0.294 e. The van der Waals surface area contributed by atoms with Crippen molar-refractivity contribution < 1.29 is 120 Å². The molecule has 6 aromatic rings. The highest BCUT2D eigenvalue weighted by Crippen LogP contribution is 2.41. The molecule has 1 heterocycles. The third kappa shape index (κ3) is 14.4. The van der Waals surface area contributed by atoms with Crippen molar-refractivity contribution in [3.05, 3.63) is 183 Å². The summed E-state index contributed by atoms with van der Waals surface area (Å²) in [6.45, 7) is 5.97. The number of benzene rings is 5. The van der Waals surface area contributed by atoms with Crippen LogP contribution in [-0.4, -0.2) is 17.7 Å². The molecule has 5 aromatic carbocycles. The molecule has 0 atom stereocenters. The van der Waals surface area contributed by atoms with Crippen LogP contribution in [0, 0.1) is 5.41 Å². The van der Waals surface area contributed by atoms with Gasteiger partial charge >= 0.3 is 49.4 Å². The minimum Gasteiger partial charge on any atom is -0.294 e. The van der Waals surface area contributed by atoms with Crippen molar-refractivity contribution >= 4 is 39.6 Å². The number of halogens is 24. The molecule has 0 aliphatic heterocycles. The molecule has 0 spiro atoms. The molecule has 0 N–H and O–H groups in total. The third-order valence-corrected chi connectivity index (χ3v) is 11.7. The summed E-state index contributed by atoms with van der Waals surface area (Å²) in [7, 11) is 0. The highest BCUT2D eigenvalue weighted by atomic mass is 19.4. The molecule has 0 bridgehead atoms. The average Bonchev–Trinajstić information content (AvgIpc) is 3.29. The second-order valence-electron chi connectivity index (χ2n) is 18.4. The van der Waals surface area contributed by atoms with Crippen molar-refractivity contribution in [2.75, 3.05) is 0 Å². The lowest BCUT2D eigenvalue weighted by Gasteiger charge is -2.46. The Morgan fingerprint density at radius 2 is 0.577 bits per heavy atom. The second kappa shape index (κ2) is 21.0. The van der Waals surface area contributed by atoms with Crippen LogP contribution in [0.5, 0.6) is 0 Å². The minimum absolute atomic E-state index is 0.0514. The highest BCUT2D eigenvalue weighted by Gasteiger charge is 2.47. The number of carbonyl (C=O) groups excluding carboxylic acids is 2. The third-order valence-electron chi connectivity index (χ3n) is 11.7. The van der Waals surface area contributed by atoms with Crippen molar-refractivity contribution in [2.24, 2.45) is 5.41 Å². The molecule has 78 heavy (non-hydrogen) atoms. The first kappa shape index (κ1) is 61.8. The fourth-order valence-electron chi connectivity index (χ4n) is 8.10. The van der Waals surface area contributed by atoms with Crippen LogP contribution in [0.3, 0.4) is 0 Å². The lowest BCUT2D eigenvalue weighted by Crippen LogP contribution is -2.75. The van der Waals surface area contributed by atoms with Crippen LogP contribution in [0.2, 0.25) is 0 Å². The van der Waals surface area contributed by atoms with Crippen molar-refractivity contribution in [1.29, 1.82) is 0 Å². The van der Waals surface area contributed by atoms with Gasteiger partial charge in [-0.2, -0.15) is 132 Å². The molecule has 0 aliphatic rings. The Morgan fingerprint density at radius 1 is 0.346 bits per heavy atom. The number of pyridine rings is 1. The van der Waals surface area contributed by atoms with Crippen molar-refractivity contribution in [2.45, 2.75) is 76.7 Å². The first-order chi connectivity index (χ1) is 35.1. The summed E-state index contributed by atoms with van der Waals surface area (Å²) in [4.78, 5) is 24.2. The summed E-state index contributed by atoms with van der Waals surface area (Å²) in [5, 5.41) is 0. The van der Waals surface area contributed by atoms with E-state index in [-0.39, 0.29) is 18.1 Å². The molecule has 0 fully saturated rings. The molecule has 3 nitrogen and oxygen atoms in total. The van der Waals surface area contributed by atoms with Crippen LogP contribution in [0.4, 0.5) is 105 Å². The van der Waals surface area contributed by atoms with Gasteiger partial charge in [-0.1, -0.05) is 99.6 Å². The van der Waals surface area contributed by atoms with Gasteiger partial charge in [0.05, 0.1) is 44.5 Å². The number of carbonyl (C=O) groups is 2. The number of rotatable bonds is 8. The predicted octanol–water partition coefficient (Wildman–Crippen LogP) is 14.3. The van der Waals surface area contributed by atoms with E-state index in [2.05, 4.69) is 0 Å². The van der Waals surface area contributed by atoms with Gasteiger partial charge in [0.1, 0.15) is 6.15 Å². The SMILES string of the molecule is CC(C)(C)C(=O)c1cc[n+](CC(=O)c2ccccc2)cc1.FC(F)(F)c1cc([B-](c2cc(C(F)(F)F)cc(C(F)(F)F)c2)(c2cc(C(F)(F)F)cc(C(F)(F)F)c2)c2cc(C(F)(F)F)cc(C(F)(F)F)c2)cc(C(F)(F)F)c1. The molecule has 0 aliphatic carbocycles. The van der Waals surface area contributed by atoms with Gasteiger partial charge in [0.25, 0.3) is 0 Å². The number of ketones is 2. The largest absolute Gasteiger partial charge is 0.416 e. The maximum atomic E-state index is 14.2. The van der Waals surface area contributed by atoms with Crippen LogP contribution in [0.15, 0.2) is 128 Å². The molecule has 28 heteroatoms. The summed E-state index contributed by atoms with van der Waals surface area (Å²) in [6, 6.07) is 3.93. The van der Waals surface area contributed by atoms with E-state index < -0.39 is 200 Å². The summed E-state index contributed by atoms with van der Waals surface area (Å²) in [6.07, 6.45) is -51.3. The number of Topliss-reactive ketones (excluding diaryl/α,β-unsaturated/α-hetero) is 2. The number of alkyl halides is 24. The maximum Gasteiger partial charge on any atom is 0.416 e. The van der Waals surface area contributed by atoms with E-state index in [9.17, 15) is 115 Å². The van der Waals surface area contributed by atoms with Crippen LogP contribution >= 0.6 is 0 Å². The molecular formula is C50H32BF24NO2. The Bertz CT molecular complexity index is 2720. The second-order valence-corrected chi connectivity index (χ2v) is 18.4. The molecule has 0 amide bonds. The number of hydrogen-bond acceptors (Lipinski definition) is 2. The molecule has 0 unspecified atom stereocenters. The van der Waals surface area contributed by atoms with Gasteiger partial charge in [0.15, 0.2) is 18.2 Å². The van der Waals surface area contributed by atoms with Crippen LogP contribution < -0.4 is 26.4 Å². The maximum absolute atomic E-state index is 14.2. The van der Waals surface area contributed by atoms with Crippen molar-refractivity contribution in [3.8, 4) is 0 Å². The molecular weight excluding hydrogens is 1110 g/mol. The topological polar surface area (TPSA) is 38.0 Å². The molecule has 1 aromatic heterocycles.